The number of primary amides is 1. The lowest BCUT2D eigenvalue weighted by Crippen LogP contribution is -2.49. The van der Waals surface area contributed by atoms with Crippen molar-refractivity contribution in [2.75, 3.05) is 39.5 Å². The van der Waals surface area contributed by atoms with Crippen LogP contribution in [0.15, 0.2) is 12.3 Å². The number of fused-ring (bicyclic) bond motifs is 2. The van der Waals surface area contributed by atoms with E-state index in [0.29, 0.717) is 51.2 Å². The highest BCUT2D eigenvalue weighted by molar-refractivity contribution is 5.86. The van der Waals surface area contributed by atoms with E-state index in [9.17, 15) is 9.59 Å². The van der Waals surface area contributed by atoms with Crippen LogP contribution < -0.4 is 5.73 Å². The van der Waals surface area contributed by atoms with Crippen LogP contribution in [-0.2, 0) is 27.2 Å². The molecule has 3 amide bonds. The second-order valence-electron chi connectivity index (χ2n) is 10.8. The van der Waals surface area contributed by atoms with Crippen LogP contribution in [0, 0.1) is 30.1 Å². The molecule has 0 radical (unpaired) electrons. The zero-order valence-corrected chi connectivity index (χ0v) is 20.5. The number of aromatic nitrogens is 1. The molecule has 5 atom stereocenters. The Hall–Kier alpha value is -2.19. The van der Waals surface area contributed by atoms with Crippen molar-refractivity contribution in [3.63, 3.8) is 0 Å². The SMILES string of the molecule is CCOC1COCCC1C[C@@H]1C[C@H]2CN(C(N)=O)C[C@@]2(C(=O)N2CCc3ncc(C)cc3C2)C1. The van der Waals surface area contributed by atoms with E-state index >= 15 is 0 Å². The minimum Gasteiger partial charge on any atom is -0.379 e. The summed E-state index contributed by atoms with van der Waals surface area (Å²) in [6.45, 7) is 8.53. The smallest absolute Gasteiger partial charge is 0.314 e. The maximum Gasteiger partial charge on any atom is 0.314 e. The fraction of sp³-hybridized carbons (Fsp3) is 0.731. The Morgan fingerprint density at radius 1 is 1.35 bits per heavy atom. The zero-order valence-electron chi connectivity index (χ0n) is 20.5. The van der Waals surface area contributed by atoms with Crippen molar-refractivity contribution in [2.24, 2.45) is 28.9 Å². The number of carbonyl (C=O) groups excluding carboxylic acids is 2. The summed E-state index contributed by atoms with van der Waals surface area (Å²) in [5.41, 5.74) is 8.51. The standard InChI is InChI=1S/C26H38N4O4/c1-3-34-23-15-33-7-5-19(23)9-18-10-21-14-30(25(27)32)16-26(21,11-18)24(31)29-6-4-22-20(13-29)8-17(2)12-28-22/h8,12,18-19,21,23H,3-7,9-11,13-16H2,1-2H3,(H2,27,32)/t18-,19?,21+,23?,26+/m1/s1. The van der Waals surface area contributed by atoms with Crippen LogP contribution in [0.3, 0.4) is 0 Å². The molecule has 34 heavy (non-hydrogen) atoms. The number of hydrogen-bond donors (Lipinski definition) is 1. The highest BCUT2D eigenvalue weighted by Gasteiger charge is 2.59. The number of likely N-dealkylation sites (tertiary alicyclic amines) is 1. The molecular formula is C26H38N4O4. The molecule has 1 aromatic rings. The van der Waals surface area contributed by atoms with E-state index in [4.69, 9.17) is 15.2 Å². The molecule has 5 rings (SSSR count). The number of aryl methyl sites for hydroxylation is 1. The van der Waals surface area contributed by atoms with Gasteiger partial charge in [-0.2, -0.15) is 0 Å². The summed E-state index contributed by atoms with van der Waals surface area (Å²) in [6, 6.07) is 1.74. The van der Waals surface area contributed by atoms with Crippen molar-refractivity contribution >= 4 is 11.9 Å². The number of ether oxygens (including phenoxy) is 2. The van der Waals surface area contributed by atoms with E-state index in [1.165, 1.54) is 0 Å². The van der Waals surface area contributed by atoms with Crippen molar-refractivity contribution in [3.05, 3.63) is 29.1 Å². The van der Waals surface area contributed by atoms with Gasteiger partial charge in [0.05, 0.1) is 18.1 Å². The summed E-state index contributed by atoms with van der Waals surface area (Å²) in [5.74, 6) is 1.29. The minimum atomic E-state index is -0.527. The monoisotopic (exact) mass is 470 g/mol. The van der Waals surface area contributed by atoms with Crippen LogP contribution in [0.1, 0.15) is 49.4 Å². The Morgan fingerprint density at radius 2 is 2.21 bits per heavy atom. The van der Waals surface area contributed by atoms with E-state index < -0.39 is 11.4 Å². The molecule has 1 aromatic heterocycles. The molecule has 0 bridgehead atoms. The number of nitrogens with two attached hydrogens (primary N) is 1. The number of rotatable bonds is 5. The number of amides is 3. The molecule has 0 aromatic carbocycles. The first-order chi connectivity index (χ1) is 16.4. The third kappa shape index (κ3) is 4.31. The van der Waals surface area contributed by atoms with Gasteiger partial charge in [0.1, 0.15) is 0 Å². The minimum absolute atomic E-state index is 0.141. The van der Waals surface area contributed by atoms with E-state index in [0.717, 1.165) is 55.5 Å². The third-order valence-electron chi connectivity index (χ3n) is 8.62. The summed E-state index contributed by atoms with van der Waals surface area (Å²) >= 11 is 0. The molecule has 4 heterocycles. The van der Waals surface area contributed by atoms with Gasteiger partial charge in [0.15, 0.2) is 0 Å². The summed E-state index contributed by atoms with van der Waals surface area (Å²) in [5, 5.41) is 0. The van der Waals surface area contributed by atoms with Crippen LogP contribution in [0.2, 0.25) is 0 Å². The topological polar surface area (TPSA) is 98.0 Å². The van der Waals surface area contributed by atoms with E-state index in [-0.39, 0.29) is 17.9 Å². The molecule has 1 aliphatic carbocycles. The Morgan fingerprint density at radius 3 is 3.00 bits per heavy atom. The molecule has 2 N–H and O–H groups in total. The molecular weight excluding hydrogens is 432 g/mol. The van der Waals surface area contributed by atoms with Crippen molar-refractivity contribution in [3.8, 4) is 0 Å². The van der Waals surface area contributed by atoms with Crippen LogP contribution in [0.5, 0.6) is 0 Å². The summed E-state index contributed by atoms with van der Waals surface area (Å²) < 4.78 is 11.7. The van der Waals surface area contributed by atoms with Gasteiger partial charge in [0.25, 0.3) is 0 Å². The first-order valence-electron chi connectivity index (χ1n) is 12.9. The van der Waals surface area contributed by atoms with Crippen LogP contribution in [0.4, 0.5) is 4.79 Å². The Balaban J connectivity index is 1.34. The van der Waals surface area contributed by atoms with Gasteiger partial charge < -0.3 is 25.0 Å². The first-order valence-corrected chi connectivity index (χ1v) is 12.9. The fourth-order valence-corrected chi connectivity index (χ4v) is 7.07. The predicted octanol–water partition coefficient (Wildman–Crippen LogP) is 2.51. The average Bonchev–Trinajstić information content (AvgIpc) is 3.34. The lowest BCUT2D eigenvalue weighted by atomic mass is 9.78. The van der Waals surface area contributed by atoms with Crippen molar-refractivity contribution < 1.29 is 19.1 Å². The maximum atomic E-state index is 14.2. The number of pyridine rings is 1. The largest absolute Gasteiger partial charge is 0.379 e. The van der Waals surface area contributed by atoms with E-state index in [1.807, 2.05) is 24.9 Å². The summed E-state index contributed by atoms with van der Waals surface area (Å²) in [4.78, 5) is 34.5. The molecule has 2 unspecified atom stereocenters. The Labute approximate surface area is 202 Å². The lowest BCUT2D eigenvalue weighted by molar-refractivity contribution is -0.144. The molecule has 1 saturated carbocycles. The van der Waals surface area contributed by atoms with Crippen LogP contribution in [-0.4, -0.2) is 72.3 Å². The highest BCUT2D eigenvalue weighted by Crippen LogP contribution is 2.54. The van der Waals surface area contributed by atoms with Crippen LogP contribution >= 0.6 is 0 Å². The number of urea groups is 1. The third-order valence-corrected chi connectivity index (χ3v) is 8.62. The lowest BCUT2D eigenvalue weighted by Gasteiger charge is -2.37. The van der Waals surface area contributed by atoms with Gasteiger partial charge in [0.2, 0.25) is 5.91 Å². The molecule has 8 nitrogen and oxygen atoms in total. The van der Waals surface area contributed by atoms with E-state index in [1.54, 1.807) is 4.90 Å². The molecule has 3 fully saturated rings. The van der Waals surface area contributed by atoms with Gasteiger partial charge in [-0.25, -0.2) is 4.79 Å². The van der Waals surface area contributed by atoms with Gasteiger partial charge in [-0.15, -0.1) is 0 Å². The van der Waals surface area contributed by atoms with Gasteiger partial charge in [-0.05, 0) is 68.4 Å². The Kier molecular flexibility index (Phi) is 6.55. The molecule has 4 aliphatic rings. The second-order valence-corrected chi connectivity index (χ2v) is 10.8. The molecule has 8 heteroatoms. The van der Waals surface area contributed by atoms with Gasteiger partial charge in [-0.3, -0.25) is 9.78 Å². The average molecular weight is 471 g/mol. The molecule has 0 spiro atoms. The fourth-order valence-electron chi connectivity index (χ4n) is 7.07. The quantitative estimate of drug-likeness (QED) is 0.713. The second kappa shape index (κ2) is 9.46. The number of nitrogens with zero attached hydrogens (tertiary/aromatic N) is 3. The molecule has 186 valence electrons. The normalized spacial score (nSPS) is 33.0. The first kappa shape index (κ1) is 23.5. The molecule has 3 aliphatic heterocycles. The summed E-state index contributed by atoms with van der Waals surface area (Å²) in [7, 11) is 0. The predicted molar refractivity (Wildman–Crippen MR) is 127 cm³/mol. The zero-order chi connectivity index (χ0) is 23.9. The molecule has 2 saturated heterocycles. The highest BCUT2D eigenvalue weighted by atomic mass is 16.5. The van der Waals surface area contributed by atoms with E-state index in [2.05, 4.69) is 11.1 Å². The van der Waals surface area contributed by atoms with Crippen molar-refractivity contribution in [2.45, 2.75) is 58.6 Å². The number of hydrogen-bond acceptors (Lipinski definition) is 5. The number of carbonyl (C=O) groups is 2. The van der Waals surface area contributed by atoms with Crippen LogP contribution in [0.25, 0.3) is 0 Å². The Bertz CT molecular complexity index is 937. The van der Waals surface area contributed by atoms with Crippen molar-refractivity contribution in [1.29, 1.82) is 0 Å². The van der Waals surface area contributed by atoms with Gasteiger partial charge >= 0.3 is 6.03 Å². The van der Waals surface area contributed by atoms with Gasteiger partial charge in [0, 0.05) is 57.7 Å². The maximum absolute atomic E-state index is 14.2. The summed E-state index contributed by atoms with van der Waals surface area (Å²) in [6.07, 6.45) is 6.69. The van der Waals surface area contributed by atoms with Crippen molar-refractivity contribution in [1.82, 2.24) is 14.8 Å². The van der Waals surface area contributed by atoms with Gasteiger partial charge in [-0.1, -0.05) is 6.07 Å².